The van der Waals surface area contributed by atoms with Crippen molar-refractivity contribution in [3.63, 3.8) is 0 Å². The normalized spacial score (nSPS) is 20.5. The molecule has 1 aliphatic carbocycles. The second-order valence-corrected chi connectivity index (χ2v) is 7.56. The van der Waals surface area contributed by atoms with Crippen LogP contribution in [0, 0.1) is 5.82 Å². The lowest BCUT2D eigenvalue weighted by Crippen LogP contribution is -2.39. The van der Waals surface area contributed by atoms with Crippen LogP contribution < -0.4 is 5.32 Å². The number of halogens is 2. The van der Waals surface area contributed by atoms with Crippen LogP contribution in [-0.4, -0.2) is 32.2 Å². The van der Waals surface area contributed by atoms with E-state index in [1.807, 2.05) is 5.38 Å². The molecule has 6 nitrogen and oxygen atoms in total. The second kappa shape index (κ2) is 5.78. The predicted octanol–water partition coefficient (Wildman–Crippen LogP) is 4.23. The van der Waals surface area contributed by atoms with Gasteiger partial charge in [-0.15, -0.1) is 11.3 Å². The lowest BCUT2D eigenvalue weighted by Gasteiger charge is -2.27. The zero-order valence-corrected chi connectivity index (χ0v) is 14.9. The molecule has 2 N–H and O–H groups in total. The Morgan fingerprint density at radius 1 is 1.46 bits per heavy atom. The van der Waals surface area contributed by atoms with E-state index in [2.05, 4.69) is 20.5 Å². The summed E-state index contributed by atoms with van der Waals surface area (Å²) in [7, 11) is 0. The molecule has 1 fully saturated rings. The summed E-state index contributed by atoms with van der Waals surface area (Å²) in [5, 5.41) is 12.3. The number of fused-ring (bicyclic) bond motifs is 3. The molecule has 0 bridgehead atoms. The van der Waals surface area contributed by atoms with Gasteiger partial charge in [0.2, 0.25) is 0 Å². The highest BCUT2D eigenvalue weighted by Gasteiger charge is 2.51. The standard InChI is InChI=1S/C17H13ClFN5OS/c18-11-3-8(1-2-12(11)19)21-17(25)24-5-10-15(9-4-14(9)24)22-23-16(10)13-6-26-7-20-13/h1-3,6-7,9,14H,4-5H2,(H,21,25)(H,22,23). The Bertz CT molecular complexity index is 1000. The van der Waals surface area contributed by atoms with Crippen molar-refractivity contribution in [1.29, 1.82) is 0 Å². The third-order valence-corrected chi connectivity index (χ3v) is 5.74. The monoisotopic (exact) mass is 389 g/mol. The molecule has 2 unspecified atom stereocenters. The number of benzene rings is 1. The van der Waals surface area contributed by atoms with Gasteiger partial charge in [-0.25, -0.2) is 14.2 Å². The summed E-state index contributed by atoms with van der Waals surface area (Å²) in [6, 6.07) is 4.08. The lowest BCUT2D eigenvalue weighted by molar-refractivity contribution is 0.202. The van der Waals surface area contributed by atoms with E-state index in [1.54, 1.807) is 10.4 Å². The Hall–Kier alpha value is -2.45. The van der Waals surface area contributed by atoms with E-state index >= 15 is 0 Å². The van der Waals surface area contributed by atoms with Gasteiger partial charge in [-0.2, -0.15) is 5.10 Å². The first-order valence-corrected chi connectivity index (χ1v) is 9.42. The first kappa shape index (κ1) is 15.8. The number of hydrogen-bond acceptors (Lipinski definition) is 4. The van der Waals surface area contributed by atoms with Gasteiger partial charge in [0.1, 0.15) is 17.2 Å². The number of aromatic nitrogens is 3. The minimum Gasteiger partial charge on any atom is -0.316 e. The zero-order valence-electron chi connectivity index (χ0n) is 13.4. The number of nitrogens with zero attached hydrogens (tertiary/aromatic N) is 3. The molecule has 0 radical (unpaired) electrons. The van der Waals surface area contributed by atoms with E-state index < -0.39 is 5.82 Å². The molecule has 5 rings (SSSR count). The van der Waals surface area contributed by atoms with Gasteiger partial charge in [0.25, 0.3) is 0 Å². The summed E-state index contributed by atoms with van der Waals surface area (Å²) in [6.45, 7) is 0.459. The summed E-state index contributed by atoms with van der Waals surface area (Å²) in [5.41, 5.74) is 5.97. The molecule has 26 heavy (non-hydrogen) atoms. The van der Waals surface area contributed by atoms with Crippen molar-refractivity contribution < 1.29 is 9.18 Å². The van der Waals surface area contributed by atoms with Gasteiger partial charge < -0.3 is 10.2 Å². The molecular formula is C17H13ClFN5OS. The number of H-pyrrole nitrogens is 1. The molecule has 9 heteroatoms. The Labute approximate surface area is 157 Å². The predicted molar refractivity (Wildman–Crippen MR) is 96.8 cm³/mol. The summed E-state index contributed by atoms with van der Waals surface area (Å²) in [5.74, 6) is -0.234. The van der Waals surface area contributed by atoms with Gasteiger partial charge in [-0.05, 0) is 24.6 Å². The largest absolute Gasteiger partial charge is 0.322 e. The van der Waals surface area contributed by atoms with Crippen molar-refractivity contribution in [2.75, 3.05) is 5.32 Å². The summed E-state index contributed by atoms with van der Waals surface area (Å²) >= 11 is 7.30. The van der Waals surface area contributed by atoms with Crippen molar-refractivity contribution in [2.24, 2.45) is 0 Å². The smallest absolute Gasteiger partial charge is 0.316 e. The molecule has 2 aliphatic rings. The number of aromatic amines is 1. The van der Waals surface area contributed by atoms with Crippen molar-refractivity contribution in [2.45, 2.75) is 24.9 Å². The fourth-order valence-electron chi connectivity index (χ4n) is 3.50. The number of carbonyl (C=O) groups excluding carboxylic acids is 1. The van der Waals surface area contributed by atoms with Gasteiger partial charge in [0.15, 0.2) is 0 Å². The number of thiazole rings is 1. The van der Waals surface area contributed by atoms with Crippen molar-refractivity contribution in [3.8, 4) is 11.4 Å². The molecule has 3 aromatic rings. The van der Waals surface area contributed by atoms with E-state index in [-0.39, 0.29) is 23.0 Å². The quantitative estimate of drug-likeness (QED) is 0.688. The maximum Gasteiger partial charge on any atom is 0.322 e. The highest BCUT2D eigenvalue weighted by atomic mass is 35.5. The van der Waals surface area contributed by atoms with E-state index in [0.29, 0.717) is 12.2 Å². The van der Waals surface area contributed by atoms with Gasteiger partial charge in [-0.3, -0.25) is 5.10 Å². The average molecular weight is 390 g/mol. The first-order chi connectivity index (χ1) is 12.6. The molecule has 2 aromatic heterocycles. The highest BCUT2D eigenvalue weighted by molar-refractivity contribution is 7.07. The molecule has 0 saturated heterocycles. The zero-order chi connectivity index (χ0) is 17.8. The summed E-state index contributed by atoms with van der Waals surface area (Å²) in [4.78, 5) is 18.9. The molecule has 2 amide bonds. The maximum atomic E-state index is 13.3. The summed E-state index contributed by atoms with van der Waals surface area (Å²) < 4.78 is 13.3. The topological polar surface area (TPSA) is 73.9 Å². The summed E-state index contributed by atoms with van der Waals surface area (Å²) in [6.07, 6.45) is 0.906. The second-order valence-electron chi connectivity index (χ2n) is 6.43. The van der Waals surface area contributed by atoms with Crippen molar-refractivity contribution in [3.05, 3.63) is 51.2 Å². The number of urea groups is 1. The average Bonchev–Trinajstić information content (AvgIpc) is 3.05. The van der Waals surface area contributed by atoms with Gasteiger partial charge in [0, 0.05) is 34.3 Å². The fraction of sp³-hybridized carbons (Fsp3) is 0.235. The van der Waals surface area contributed by atoms with Crippen LogP contribution in [0.3, 0.4) is 0 Å². The minimum atomic E-state index is -0.513. The SMILES string of the molecule is O=C(Nc1ccc(F)c(Cl)c1)N1Cc2c(-c3cscn3)n[nH]c2C2CC21. The van der Waals surface area contributed by atoms with Gasteiger partial charge >= 0.3 is 6.03 Å². The van der Waals surface area contributed by atoms with E-state index in [1.165, 1.54) is 29.5 Å². The molecule has 1 aliphatic heterocycles. The fourth-order valence-corrected chi connectivity index (χ4v) is 4.22. The van der Waals surface area contributed by atoms with E-state index in [9.17, 15) is 9.18 Å². The number of carbonyl (C=O) groups is 1. The third kappa shape index (κ3) is 2.48. The van der Waals surface area contributed by atoms with Crippen LogP contribution >= 0.6 is 22.9 Å². The van der Waals surface area contributed by atoms with E-state index in [0.717, 1.165) is 29.1 Å². The number of rotatable bonds is 2. The molecule has 1 saturated carbocycles. The number of hydrogen-bond donors (Lipinski definition) is 2. The Balaban J connectivity index is 1.41. The molecule has 0 spiro atoms. The molecule has 132 valence electrons. The Morgan fingerprint density at radius 2 is 2.35 bits per heavy atom. The van der Waals surface area contributed by atoms with Crippen LogP contribution in [0.2, 0.25) is 5.02 Å². The third-order valence-electron chi connectivity index (χ3n) is 4.86. The number of anilines is 1. The van der Waals surface area contributed by atoms with Gasteiger partial charge in [-0.1, -0.05) is 11.6 Å². The van der Waals surface area contributed by atoms with Crippen LogP contribution in [0.1, 0.15) is 23.6 Å². The van der Waals surface area contributed by atoms with Crippen LogP contribution in [0.4, 0.5) is 14.9 Å². The Kier molecular flexibility index (Phi) is 3.51. The van der Waals surface area contributed by atoms with Crippen LogP contribution in [-0.2, 0) is 6.54 Å². The van der Waals surface area contributed by atoms with Crippen LogP contribution in [0.25, 0.3) is 11.4 Å². The van der Waals surface area contributed by atoms with E-state index in [4.69, 9.17) is 11.6 Å². The number of nitrogens with one attached hydrogen (secondary N) is 2. The molecule has 2 atom stereocenters. The van der Waals surface area contributed by atoms with Crippen molar-refractivity contribution in [1.82, 2.24) is 20.1 Å². The van der Waals surface area contributed by atoms with Crippen molar-refractivity contribution >= 4 is 34.7 Å². The first-order valence-electron chi connectivity index (χ1n) is 8.10. The molecule has 1 aromatic carbocycles. The molecule has 3 heterocycles. The van der Waals surface area contributed by atoms with Crippen LogP contribution in [0.5, 0.6) is 0 Å². The van der Waals surface area contributed by atoms with Gasteiger partial charge in [0.05, 0.1) is 17.1 Å². The minimum absolute atomic E-state index is 0.0197. The highest BCUT2D eigenvalue weighted by Crippen LogP contribution is 2.51. The Morgan fingerprint density at radius 3 is 3.12 bits per heavy atom. The van der Waals surface area contributed by atoms with Crippen LogP contribution in [0.15, 0.2) is 29.1 Å². The number of amides is 2. The molecular weight excluding hydrogens is 377 g/mol. The lowest BCUT2D eigenvalue weighted by atomic mass is 10.0. The maximum absolute atomic E-state index is 13.3.